The van der Waals surface area contributed by atoms with Crippen LogP contribution < -0.4 is 20.9 Å². The van der Waals surface area contributed by atoms with Crippen molar-refractivity contribution in [2.24, 2.45) is 5.92 Å². The molecule has 1 aromatic rings. The fraction of sp³-hybridized carbons (Fsp3) is 0.625. The Hall–Kier alpha value is -1.41. The normalized spacial score (nSPS) is 33.6. The molecule has 132 valence electrons. The van der Waals surface area contributed by atoms with Gasteiger partial charge in [0.25, 0.3) is 0 Å². The molecule has 4 atom stereocenters. The first-order valence-corrected chi connectivity index (χ1v) is 8.56. The molecule has 0 radical (unpaired) electrons. The number of carbonyl (C=O) groups excluding carboxylic acids is 1. The van der Waals surface area contributed by atoms with Gasteiger partial charge in [0.1, 0.15) is 6.04 Å². The second-order valence-electron chi connectivity index (χ2n) is 6.50. The predicted molar refractivity (Wildman–Crippen MR) is 89.6 cm³/mol. The van der Waals surface area contributed by atoms with E-state index in [2.05, 4.69) is 21.2 Å². The van der Waals surface area contributed by atoms with Crippen LogP contribution in [0.25, 0.3) is 0 Å². The number of ether oxygens (including phenoxy) is 1. The largest absolute Gasteiger partial charge is 0.481 e. The molecule has 1 aliphatic heterocycles. The van der Waals surface area contributed by atoms with Crippen LogP contribution in [0.15, 0.2) is 18.3 Å². The molecular weight excluding hydrogens is 332 g/mol. The first-order valence-electron chi connectivity index (χ1n) is 8.13. The van der Waals surface area contributed by atoms with Crippen LogP contribution in [0.4, 0.5) is 0 Å². The second kappa shape index (κ2) is 7.23. The lowest BCUT2D eigenvalue weighted by Crippen LogP contribution is -2.50. The lowest BCUT2D eigenvalue weighted by molar-refractivity contribution is -0.124. The smallest absolute Gasteiger partial charge is 0.240 e. The first-order chi connectivity index (χ1) is 11.5. The molecule has 0 bridgehead atoms. The Morgan fingerprint density at radius 3 is 2.71 bits per heavy atom. The summed E-state index contributed by atoms with van der Waals surface area (Å²) in [5.74, 6) is 0.544. The van der Waals surface area contributed by atoms with E-state index < -0.39 is 6.04 Å². The lowest BCUT2D eigenvalue weighted by Gasteiger charge is -2.38. The van der Waals surface area contributed by atoms with E-state index in [4.69, 9.17) is 16.3 Å². The highest BCUT2D eigenvalue weighted by atomic mass is 35.5. The Labute approximate surface area is 146 Å². The van der Waals surface area contributed by atoms with Gasteiger partial charge in [0.15, 0.2) is 0 Å². The van der Waals surface area contributed by atoms with E-state index in [0.29, 0.717) is 18.7 Å². The third kappa shape index (κ3) is 3.49. The van der Waals surface area contributed by atoms with Crippen molar-refractivity contribution in [2.75, 3.05) is 7.11 Å². The van der Waals surface area contributed by atoms with Gasteiger partial charge in [-0.15, -0.1) is 11.6 Å². The number of nitrogens with zero attached hydrogens (tertiary/aromatic N) is 1. The highest BCUT2D eigenvalue weighted by molar-refractivity contribution is 6.23. The minimum Gasteiger partial charge on any atom is -0.481 e. The van der Waals surface area contributed by atoms with Crippen molar-refractivity contribution in [2.45, 2.75) is 49.4 Å². The molecular formula is C16H23ClN4O3. The number of methoxy groups -OCH3 is 1. The molecule has 0 aromatic carbocycles. The lowest BCUT2D eigenvalue weighted by atomic mass is 9.75. The summed E-state index contributed by atoms with van der Waals surface area (Å²) in [6, 6.07) is 2.96. The molecule has 0 spiro atoms. The van der Waals surface area contributed by atoms with Gasteiger partial charge >= 0.3 is 0 Å². The number of amides is 1. The predicted octanol–water partition coefficient (Wildman–Crippen LogP) is 0.491. The van der Waals surface area contributed by atoms with E-state index in [1.807, 2.05) is 13.0 Å². The number of aliphatic hydroxyl groups excluding tert-OH is 1. The van der Waals surface area contributed by atoms with Crippen LogP contribution >= 0.6 is 11.6 Å². The molecule has 7 nitrogen and oxygen atoms in total. The molecule has 2 aliphatic rings. The Kier molecular flexibility index (Phi) is 5.24. The van der Waals surface area contributed by atoms with Gasteiger partial charge in [0.2, 0.25) is 11.8 Å². The molecule has 2 fully saturated rings. The maximum atomic E-state index is 12.6. The number of hydrazine groups is 1. The highest BCUT2D eigenvalue weighted by Crippen LogP contribution is 2.38. The number of halogens is 1. The maximum absolute atomic E-state index is 12.6. The van der Waals surface area contributed by atoms with Crippen LogP contribution in [-0.4, -0.2) is 46.7 Å². The average molecular weight is 355 g/mol. The standard InChI is InChI=1S/C16H23ClN4O3/c1-8-13(17)15(21-20-8)16(23)19-14(10-5-11(22)6-10)9-3-4-12(24-2)18-7-9/h3-4,7-8,10-11,13-15,20-22H,5-6H2,1-2H3,(H,19,23). The average Bonchev–Trinajstić information content (AvgIpc) is 2.89. The number of hydrogen-bond acceptors (Lipinski definition) is 6. The summed E-state index contributed by atoms with van der Waals surface area (Å²) < 4.78 is 5.08. The number of rotatable bonds is 5. The molecule has 1 aliphatic carbocycles. The molecule has 1 aromatic heterocycles. The Morgan fingerprint density at radius 1 is 1.46 bits per heavy atom. The maximum Gasteiger partial charge on any atom is 0.240 e. The van der Waals surface area contributed by atoms with Gasteiger partial charge in [-0.1, -0.05) is 6.07 Å². The summed E-state index contributed by atoms with van der Waals surface area (Å²) >= 11 is 6.29. The van der Waals surface area contributed by atoms with E-state index in [0.717, 1.165) is 5.56 Å². The summed E-state index contributed by atoms with van der Waals surface area (Å²) in [6.45, 7) is 1.92. The summed E-state index contributed by atoms with van der Waals surface area (Å²) in [4.78, 5) is 16.8. The van der Waals surface area contributed by atoms with Crippen LogP contribution in [0.5, 0.6) is 5.88 Å². The van der Waals surface area contributed by atoms with Gasteiger partial charge in [-0.25, -0.2) is 10.4 Å². The van der Waals surface area contributed by atoms with Crippen molar-refractivity contribution in [3.63, 3.8) is 0 Å². The van der Waals surface area contributed by atoms with Crippen molar-refractivity contribution in [1.82, 2.24) is 21.2 Å². The van der Waals surface area contributed by atoms with E-state index >= 15 is 0 Å². The van der Waals surface area contributed by atoms with Gasteiger partial charge in [0, 0.05) is 18.3 Å². The molecule has 4 N–H and O–H groups in total. The highest BCUT2D eigenvalue weighted by Gasteiger charge is 2.40. The number of carbonyl (C=O) groups is 1. The molecule has 2 heterocycles. The van der Waals surface area contributed by atoms with E-state index in [1.165, 1.54) is 0 Å². The minimum atomic E-state index is -0.500. The number of aliphatic hydroxyl groups is 1. The molecule has 1 saturated heterocycles. The Morgan fingerprint density at radius 2 is 2.21 bits per heavy atom. The summed E-state index contributed by atoms with van der Waals surface area (Å²) in [5.41, 5.74) is 6.81. The Bertz CT molecular complexity index is 579. The number of aromatic nitrogens is 1. The zero-order chi connectivity index (χ0) is 17.3. The van der Waals surface area contributed by atoms with Crippen molar-refractivity contribution in [1.29, 1.82) is 0 Å². The van der Waals surface area contributed by atoms with Crippen LogP contribution in [0.1, 0.15) is 31.4 Å². The van der Waals surface area contributed by atoms with Crippen LogP contribution in [0, 0.1) is 5.92 Å². The molecule has 4 unspecified atom stereocenters. The number of nitrogens with one attached hydrogen (secondary N) is 3. The molecule has 24 heavy (non-hydrogen) atoms. The van der Waals surface area contributed by atoms with Gasteiger partial charge in [0.05, 0.1) is 24.6 Å². The summed E-state index contributed by atoms with van der Waals surface area (Å²) in [6.07, 6.45) is 2.73. The van der Waals surface area contributed by atoms with Crippen molar-refractivity contribution >= 4 is 17.5 Å². The minimum absolute atomic E-state index is 0.00837. The zero-order valence-corrected chi connectivity index (χ0v) is 14.5. The monoisotopic (exact) mass is 354 g/mol. The third-order valence-electron chi connectivity index (χ3n) is 4.79. The Balaban J connectivity index is 1.73. The van der Waals surface area contributed by atoms with E-state index in [-0.39, 0.29) is 35.4 Å². The summed E-state index contributed by atoms with van der Waals surface area (Å²) in [5, 5.41) is 12.4. The van der Waals surface area contributed by atoms with Gasteiger partial charge in [-0.3, -0.25) is 10.2 Å². The zero-order valence-electron chi connectivity index (χ0n) is 13.7. The van der Waals surface area contributed by atoms with Crippen molar-refractivity contribution < 1.29 is 14.6 Å². The van der Waals surface area contributed by atoms with E-state index in [1.54, 1.807) is 19.4 Å². The molecule has 8 heteroatoms. The van der Waals surface area contributed by atoms with E-state index in [9.17, 15) is 9.90 Å². The fourth-order valence-electron chi connectivity index (χ4n) is 3.19. The first kappa shape index (κ1) is 17.4. The quantitative estimate of drug-likeness (QED) is 0.575. The fourth-order valence-corrected chi connectivity index (χ4v) is 3.43. The van der Waals surface area contributed by atoms with Crippen LogP contribution in [0.3, 0.4) is 0 Å². The van der Waals surface area contributed by atoms with Crippen molar-refractivity contribution in [3.05, 3.63) is 23.9 Å². The molecule has 3 rings (SSSR count). The number of hydrogen-bond donors (Lipinski definition) is 4. The SMILES string of the molecule is COc1ccc(C(NC(=O)C2NNC(C)C2Cl)C2CC(O)C2)cn1. The molecule has 1 saturated carbocycles. The molecule has 1 amide bonds. The van der Waals surface area contributed by atoms with Crippen LogP contribution in [-0.2, 0) is 4.79 Å². The van der Waals surface area contributed by atoms with Gasteiger partial charge in [-0.05, 0) is 31.2 Å². The third-order valence-corrected chi connectivity index (χ3v) is 5.42. The van der Waals surface area contributed by atoms with Gasteiger partial charge in [-0.2, -0.15) is 0 Å². The summed E-state index contributed by atoms with van der Waals surface area (Å²) in [7, 11) is 1.56. The van der Waals surface area contributed by atoms with Crippen molar-refractivity contribution in [3.8, 4) is 5.88 Å². The van der Waals surface area contributed by atoms with Gasteiger partial charge < -0.3 is 15.2 Å². The topological polar surface area (TPSA) is 95.5 Å². The number of pyridine rings is 1. The number of alkyl halides is 1. The second-order valence-corrected chi connectivity index (χ2v) is 7.01. The van der Waals surface area contributed by atoms with Crippen LogP contribution in [0.2, 0.25) is 0 Å².